The standard InChI is InChI=1S/C26H21NO6/c1-15-6-4-5-7-22(15)27-24(29)20-10-8-18(13-21(20)25(27)30)26(31)33-14-19-12-17(16(2)28)9-11-23(19)32-3/h4-13H,14H2,1-3H3. The lowest BCUT2D eigenvalue weighted by atomic mass is 10.1. The van der Waals surface area contributed by atoms with Crippen molar-refractivity contribution in [1.82, 2.24) is 0 Å². The number of esters is 1. The number of fused-ring (bicyclic) bond motifs is 1. The van der Waals surface area contributed by atoms with Crippen LogP contribution in [0.1, 0.15) is 59.5 Å². The second kappa shape index (κ2) is 8.70. The number of aryl methyl sites for hydroxylation is 1. The molecular formula is C26H21NO6. The first-order valence-electron chi connectivity index (χ1n) is 10.2. The molecule has 0 unspecified atom stereocenters. The molecule has 1 heterocycles. The maximum Gasteiger partial charge on any atom is 0.338 e. The van der Waals surface area contributed by atoms with Gasteiger partial charge in [-0.3, -0.25) is 14.4 Å². The van der Waals surface area contributed by atoms with Crippen LogP contribution in [0, 0.1) is 6.92 Å². The van der Waals surface area contributed by atoms with E-state index in [2.05, 4.69) is 0 Å². The molecule has 0 radical (unpaired) electrons. The van der Waals surface area contributed by atoms with Gasteiger partial charge < -0.3 is 9.47 Å². The second-order valence-electron chi connectivity index (χ2n) is 7.65. The van der Waals surface area contributed by atoms with Crippen LogP contribution in [0.15, 0.2) is 60.7 Å². The minimum absolute atomic E-state index is 0.120. The predicted octanol–water partition coefficient (Wildman–Crippen LogP) is 4.36. The van der Waals surface area contributed by atoms with Crippen LogP contribution in [-0.2, 0) is 11.3 Å². The number of Topliss-reactive ketones (excluding diaryl/α,β-unsaturated/α-hetero) is 1. The van der Waals surface area contributed by atoms with Crippen molar-refractivity contribution in [3.63, 3.8) is 0 Å². The summed E-state index contributed by atoms with van der Waals surface area (Å²) >= 11 is 0. The Kier molecular flexibility index (Phi) is 5.79. The molecule has 0 saturated carbocycles. The molecule has 0 atom stereocenters. The number of para-hydroxylation sites is 1. The highest BCUT2D eigenvalue weighted by Gasteiger charge is 2.37. The molecule has 7 nitrogen and oxygen atoms in total. The van der Waals surface area contributed by atoms with E-state index < -0.39 is 17.8 Å². The summed E-state index contributed by atoms with van der Waals surface area (Å²) in [5.41, 5.74) is 2.82. The molecule has 0 fully saturated rings. The summed E-state index contributed by atoms with van der Waals surface area (Å²) in [7, 11) is 1.48. The van der Waals surface area contributed by atoms with E-state index in [-0.39, 0.29) is 29.1 Å². The van der Waals surface area contributed by atoms with Gasteiger partial charge in [0.2, 0.25) is 0 Å². The van der Waals surface area contributed by atoms with Crippen LogP contribution >= 0.6 is 0 Å². The molecule has 0 aliphatic carbocycles. The highest BCUT2D eigenvalue weighted by atomic mass is 16.5. The van der Waals surface area contributed by atoms with Crippen molar-refractivity contribution in [2.45, 2.75) is 20.5 Å². The molecule has 3 aromatic carbocycles. The predicted molar refractivity (Wildman–Crippen MR) is 121 cm³/mol. The first-order chi connectivity index (χ1) is 15.8. The number of imide groups is 1. The SMILES string of the molecule is COc1ccc(C(C)=O)cc1COC(=O)c1ccc2c(c1)C(=O)N(c1ccccc1C)C2=O. The highest BCUT2D eigenvalue weighted by Crippen LogP contribution is 2.31. The Bertz CT molecular complexity index is 1310. The fourth-order valence-corrected chi connectivity index (χ4v) is 3.74. The van der Waals surface area contributed by atoms with Gasteiger partial charge in [0.25, 0.3) is 11.8 Å². The third kappa shape index (κ3) is 4.01. The molecule has 0 N–H and O–H groups in total. The van der Waals surface area contributed by atoms with Crippen LogP contribution in [0.2, 0.25) is 0 Å². The van der Waals surface area contributed by atoms with Gasteiger partial charge >= 0.3 is 5.97 Å². The topological polar surface area (TPSA) is 90.0 Å². The number of rotatable bonds is 6. The van der Waals surface area contributed by atoms with E-state index >= 15 is 0 Å². The van der Waals surface area contributed by atoms with E-state index in [1.54, 1.807) is 30.3 Å². The van der Waals surface area contributed by atoms with E-state index in [4.69, 9.17) is 9.47 Å². The summed E-state index contributed by atoms with van der Waals surface area (Å²) in [6.45, 7) is 3.14. The van der Waals surface area contributed by atoms with E-state index in [9.17, 15) is 19.2 Å². The van der Waals surface area contributed by atoms with Gasteiger partial charge in [0.1, 0.15) is 12.4 Å². The smallest absolute Gasteiger partial charge is 0.338 e. The summed E-state index contributed by atoms with van der Waals surface area (Å²) in [6.07, 6.45) is 0. The van der Waals surface area contributed by atoms with Gasteiger partial charge in [0.15, 0.2) is 5.78 Å². The van der Waals surface area contributed by atoms with Crippen LogP contribution in [0.3, 0.4) is 0 Å². The lowest BCUT2D eigenvalue weighted by Crippen LogP contribution is -2.29. The summed E-state index contributed by atoms with van der Waals surface area (Å²) in [5, 5.41) is 0. The summed E-state index contributed by atoms with van der Waals surface area (Å²) in [4.78, 5) is 51.3. The normalized spacial score (nSPS) is 12.5. The Morgan fingerprint density at radius 3 is 2.27 bits per heavy atom. The third-order valence-electron chi connectivity index (χ3n) is 5.52. The van der Waals surface area contributed by atoms with Crippen molar-refractivity contribution in [2.24, 2.45) is 0 Å². The average Bonchev–Trinajstić information content (AvgIpc) is 3.07. The minimum Gasteiger partial charge on any atom is -0.496 e. The zero-order chi connectivity index (χ0) is 23.7. The molecule has 1 aliphatic rings. The van der Waals surface area contributed by atoms with Gasteiger partial charge in [-0.05, 0) is 61.9 Å². The molecule has 1 aliphatic heterocycles. The number of methoxy groups -OCH3 is 1. The van der Waals surface area contributed by atoms with Crippen molar-refractivity contribution < 1.29 is 28.7 Å². The molecule has 4 rings (SSSR count). The summed E-state index contributed by atoms with van der Waals surface area (Å²) in [6, 6.07) is 16.3. The molecule has 7 heteroatoms. The number of anilines is 1. The number of benzene rings is 3. The first kappa shape index (κ1) is 22.0. The molecule has 0 bridgehead atoms. The van der Waals surface area contributed by atoms with Gasteiger partial charge in [0.05, 0.1) is 29.5 Å². The number of hydrogen-bond acceptors (Lipinski definition) is 6. The van der Waals surface area contributed by atoms with Crippen LogP contribution in [0.5, 0.6) is 5.75 Å². The zero-order valence-corrected chi connectivity index (χ0v) is 18.4. The second-order valence-corrected chi connectivity index (χ2v) is 7.65. The summed E-state index contributed by atoms with van der Waals surface area (Å²) in [5.74, 6) is -1.23. The van der Waals surface area contributed by atoms with Gasteiger partial charge in [0, 0.05) is 11.1 Å². The van der Waals surface area contributed by atoms with Crippen LogP contribution < -0.4 is 9.64 Å². The van der Waals surface area contributed by atoms with Crippen molar-refractivity contribution in [3.8, 4) is 5.75 Å². The van der Waals surface area contributed by atoms with E-state index in [1.165, 1.54) is 32.2 Å². The van der Waals surface area contributed by atoms with Crippen LogP contribution in [-0.4, -0.2) is 30.7 Å². The van der Waals surface area contributed by atoms with Crippen molar-refractivity contribution >= 4 is 29.3 Å². The number of hydrogen-bond donors (Lipinski definition) is 0. The molecular weight excluding hydrogens is 422 g/mol. The summed E-state index contributed by atoms with van der Waals surface area (Å²) < 4.78 is 10.7. The maximum atomic E-state index is 13.0. The largest absolute Gasteiger partial charge is 0.496 e. The molecule has 0 aromatic heterocycles. The van der Waals surface area contributed by atoms with Gasteiger partial charge in [-0.1, -0.05) is 18.2 Å². The molecule has 166 valence electrons. The number of ketones is 1. The Hall–Kier alpha value is -4.26. The lowest BCUT2D eigenvalue weighted by molar-refractivity contribution is 0.0470. The first-order valence-corrected chi connectivity index (χ1v) is 10.2. The highest BCUT2D eigenvalue weighted by molar-refractivity contribution is 6.34. The maximum absolute atomic E-state index is 13.0. The molecule has 2 amide bonds. The molecule has 0 saturated heterocycles. The zero-order valence-electron chi connectivity index (χ0n) is 18.4. The van der Waals surface area contributed by atoms with E-state index in [0.717, 1.165) is 10.5 Å². The van der Waals surface area contributed by atoms with E-state index in [1.807, 2.05) is 19.1 Å². The van der Waals surface area contributed by atoms with Gasteiger partial charge in [-0.2, -0.15) is 0 Å². The lowest BCUT2D eigenvalue weighted by Gasteiger charge is -2.16. The van der Waals surface area contributed by atoms with E-state index in [0.29, 0.717) is 22.6 Å². The third-order valence-corrected chi connectivity index (χ3v) is 5.52. The quantitative estimate of drug-likeness (QED) is 0.319. The Morgan fingerprint density at radius 1 is 0.879 bits per heavy atom. The van der Waals surface area contributed by atoms with Crippen molar-refractivity contribution in [3.05, 3.63) is 94.0 Å². The Labute approximate surface area is 190 Å². The van der Waals surface area contributed by atoms with Crippen molar-refractivity contribution in [2.75, 3.05) is 12.0 Å². The van der Waals surface area contributed by atoms with Crippen molar-refractivity contribution in [1.29, 1.82) is 0 Å². The number of nitrogens with zero attached hydrogens (tertiary/aromatic N) is 1. The van der Waals surface area contributed by atoms with Gasteiger partial charge in [-0.15, -0.1) is 0 Å². The minimum atomic E-state index is -0.664. The number of ether oxygens (including phenoxy) is 2. The van der Waals surface area contributed by atoms with Crippen LogP contribution in [0.4, 0.5) is 5.69 Å². The monoisotopic (exact) mass is 443 g/mol. The number of carbonyl (C=O) groups excluding carboxylic acids is 4. The number of amides is 2. The van der Waals surface area contributed by atoms with Crippen LogP contribution in [0.25, 0.3) is 0 Å². The Balaban J connectivity index is 1.56. The number of carbonyl (C=O) groups is 4. The molecule has 33 heavy (non-hydrogen) atoms. The Morgan fingerprint density at radius 2 is 1.58 bits per heavy atom. The molecule has 0 spiro atoms. The fraction of sp³-hybridized carbons (Fsp3) is 0.154. The van der Waals surface area contributed by atoms with Gasteiger partial charge in [-0.25, -0.2) is 9.69 Å². The fourth-order valence-electron chi connectivity index (χ4n) is 3.74. The molecule has 3 aromatic rings. The average molecular weight is 443 g/mol.